The van der Waals surface area contributed by atoms with Crippen molar-refractivity contribution in [2.45, 2.75) is 25.8 Å². The number of hydrogen-bond donors (Lipinski definition) is 0. The monoisotopic (exact) mass is 218 g/mol. The molecule has 1 aliphatic rings. The molecule has 1 saturated heterocycles. The van der Waals surface area contributed by atoms with Crippen LogP contribution in [-0.4, -0.2) is 18.0 Å². The summed E-state index contributed by atoms with van der Waals surface area (Å²) in [6.07, 6.45) is 2.26. The Morgan fingerprint density at radius 2 is 2.06 bits per heavy atom. The van der Waals surface area contributed by atoms with E-state index < -0.39 is 0 Å². The summed E-state index contributed by atoms with van der Waals surface area (Å²) in [5.74, 6) is -0.264. The summed E-state index contributed by atoms with van der Waals surface area (Å²) < 4.78 is 13.2. The van der Waals surface area contributed by atoms with E-state index in [0.717, 1.165) is 37.1 Å². The third-order valence-electron chi connectivity index (χ3n) is 3.16. The molecule has 2 rings (SSSR count). The highest BCUT2D eigenvalue weighted by Crippen LogP contribution is 2.27. The topological polar surface area (TPSA) is 27.0 Å². The van der Waals surface area contributed by atoms with Gasteiger partial charge in [-0.2, -0.15) is 5.26 Å². The minimum Gasteiger partial charge on any atom is -0.284 e. The zero-order chi connectivity index (χ0) is 11.5. The molecule has 3 heteroatoms. The van der Waals surface area contributed by atoms with E-state index in [9.17, 15) is 9.65 Å². The Hall–Kier alpha value is -1.40. The van der Waals surface area contributed by atoms with Crippen molar-refractivity contribution in [3.05, 3.63) is 35.1 Å². The van der Waals surface area contributed by atoms with Crippen molar-refractivity contribution < 1.29 is 4.39 Å². The quantitative estimate of drug-likeness (QED) is 0.763. The van der Waals surface area contributed by atoms with Gasteiger partial charge in [-0.1, -0.05) is 6.07 Å². The van der Waals surface area contributed by atoms with E-state index in [4.69, 9.17) is 0 Å². The first-order chi connectivity index (χ1) is 7.72. The van der Waals surface area contributed by atoms with Crippen LogP contribution in [0.15, 0.2) is 18.2 Å². The lowest BCUT2D eigenvalue weighted by molar-refractivity contribution is 0.293. The van der Waals surface area contributed by atoms with Crippen molar-refractivity contribution in [3.63, 3.8) is 0 Å². The number of benzene rings is 1. The molecule has 0 N–H and O–H groups in total. The van der Waals surface area contributed by atoms with Crippen molar-refractivity contribution in [1.29, 1.82) is 5.26 Å². The van der Waals surface area contributed by atoms with Crippen molar-refractivity contribution in [2.75, 3.05) is 13.1 Å². The van der Waals surface area contributed by atoms with Crippen LogP contribution in [0.4, 0.5) is 4.39 Å². The Morgan fingerprint density at radius 3 is 2.69 bits per heavy atom. The highest BCUT2D eigenvalue weighted by Gasteiger charge is 2.24. The van der Waals surface area contributed by atoms with Gasteiger partial charge in [0.1, 0.15) is 11.9 Å². The molecule has 0 amide bonds. The lowest BCUT2D eigenvalue weighted by Crippen LogP contribution is -2.25. The largest absolute Gasteiger partial charge is 0.284 e. The molecule has 0 spiro atoms. The van der Waals surface area contributed by atoms with Gasteiger partial charge in [-0.3, -0.25) is 4.90 Å². The first kappa shape index (κ1) is 11.1. The smallest absolute Gasteiger partial charge is 0.124 e. The lowest BCUT2D eigenvalue weighted by atomic mass is 10.0. The van der Waals surface area contributed by atoms with E-state index >= 15 is 0 Å². The fourth-order valence-electron chi connectivity index (χ4n) is 2.25. The van der Waals surface area contributed by atoms with Gasteiger partial charge in [0.05, 0.1) is 6.07 Å². The molecule has 16 heavy (non-hydrogen) atoms. The molecule has 1 heterocycles. The maximum atomic E-state index is 13.2. The summed E-state index contributed by atoms with van der Waals surface area (Å²) in [7, 11) is 0. The number of nitriles is 1. The molecule has 1 aliphatic heterocycles. The van der Waals surface area contributed by atoms with E-state index in [2.05, 4.69) is 11.0 Å². The van der Waals surface area contributed by atoms with Gasteiger partial charge in [0.25, 0.3) is 0 Å². The van der Waals surface area contributed by atoms with E-state index in [-0.39, 0.29) is 11.9 Å². The lowest BCUT2D eigenvalue weighted by Gasteiger charge is -2.22. The van der Waals surface area contributed by atoms with E-state index in [1.807, 2.05) is 6.92 Å². The minimum atomic E-state index is -0.293. The molecule has 0 bridgehead atoms. The molecule has 1 atom stereocenters. The summed E-state index contributed by atoms with van der Waals surface area (Å²) >= 11 is 0. The molecule has 1 unspecified atom stereocenters. The molecular weight excluding hydrogens is 203 g/mol. The fraction of sp³-hybridized carbons (Fsp3) is 0.462. The van der Waals surface area contributed by atoms with Crippen LogP contribution >= 0.6 is 0 Å². The number of nitrogens with zero attached hydrogens (tertiary/aromatic N) is 2. The second-order valence-electron chi connectivity index (χ2n) is 4.28. The molecule has 84 valence electrons. The molecular formula is C13H15FN2. The predicted molar refractivity (Wildman–Crippen MR) is 60.3 cm³/mol. The Morgan fingerprint density at radius 1 is 1.38 bits per heavy atom. The van der Waals surface area contributed by atoms with Crippen LogP contribution in [-0.2, 0) is 0 Å². The summed E-state index contributed by atoms with van der Waals surface area (Å²) in [5, 5.41) is 9.24. The summed E-state index contributed by atoms with van der Waals surface area (Å²) in [6, 6.07) is 6.66. The van der Waals surface area contributed by atoms with Gasteiger partial charge in [-0.15, -0.1) is 0 Å². The number of likely N-dealkylation sites (tertiary alicyclic amines) is 1. The van der Waals surface area contributed by atoms with Gasteiger partial charge in [0.2, 0.25) is 0 Å². The summed E-state index contributed by atoms with van der Waals surface area (Å²) in [4.78, 5) is 2.13. The minimum absolute atomic E-state index is 0.264. The molecule has 1 fully saturated rings. The molecule has 2 nitrogen and oxygen atoms in total. The van der Waals surface area contributed by atoms with Crippen LogP contribution in [0.3, 0.4) is 0 Å². The second-order valence-corrected chi connectivity index (χ2v) is 4.28. The average Bonchev–Trinajstić information content (AvgIpc) is 2.78. The fourth-order valence-corrected chi connectivity index (χ4v) is 2.25. The third kappa shape index (κ3) is 2.07. The van der Waals surface area contributed by atoms with Gasteiger partial charge in [0, 0.05) is 0 Å². The van der Waals surface area contributed by atoms with E-state index in [1.54, 1.807) is 6.07 Å². The normalized spacial score (nSPS) is 18.3. The SMILES string of the molecule is Cc1ccc(F)cc1C(C#N)N1CCCC1. The second kappa shape index (κ2) is 4.63. The summed E-state index contributed by atoms with van der Waals surface area (Å²) in [5.41, 5.74) is 1.80. The molecule has 0 radical (unpaired) electrons. The van der Waals surface area contributed by atoms with E-state index in [0.29, 0.717) is 0 Å². The third-order valence-corrected chi connectivity index (χ3v) is 3.16. The van der Waals surface area contributed by atoms with Crippen LogP contribution in [0.25, 0.3) is 0 Å². The highest BCUT2D eigenvalue weighted by atomic mass is 19.1. The van der Waals surface area contributed by atoms with Gasteiger partial charge in [0.15, 0.2) is 0 Å². The van der Waals surface area contributed by atoms with Crippen LogP contribution in [0, 0.1) is 24.1 Å². The van der Waals surface area contributed by atoms with Gasteiger partial charge in [-0.05, 0) is 56.1 Å². The molecule has 1 aromatic carbocycles. The maximum absolute atomic E-state index is 13.2. The number of aryl methyl sites for hydroxylation is 1. The van der Waals surface area contributed by atoms with Crippen LogP contribution < -0.4 is 0 Å². The number of halogens is 1. The Bertz CT molecular complexity index is 416. The van der Waals surface area contributed by atoms with Crippen molar-refractivity contribution in [3.8, 4) is 6.07 Å². The number of hydrogen-bond acceptors (Lipinski definition) is 2. The zero-order valence-electron chi connectivity index (χ0n) is 9.41. The summed E-state index contributed by atoms with van der Waals surface area (Å²) in [6.45, 7) is 3.80. The molecule has 0 saturated carbocycles. The van der Waals surface area contributed by atoms with Gasteiger partial charge < -0.3 is 0 Å². The van der Waals surface area contributed by atoms with Crippen LogP contribution in [0.5, 0.6) is 0 Å². The average molecular weight is 218 g/mol. The molecule has 0 aromatic heterocycles. The van der Waals surface area contributed by atoms with Gasteiger partial charge in [-0.25, -0.2) is 4.39 Å². The van der Waals surface area contributed by atoms with Crippen LogP contribution in [0.2, 0.25) is 0 Å². The molecule has 1 aromatic rings. The Kier molecular flexibility index (Phi) is 3.21. The highest BCUT2D eigenvalue weighted by molar-refractivity contribution is 5.33. The first-order valence-corrected chi connectivity index (χ1v) is 5.62. The maximum Gasteiger partial charge on any atom is 0.124 e. The first-order valence-electron chi connectivity index (χ1n) is 5.62. The van der Waals surface area contributed by atoms with Gasteiger partial charge >= 0.3 is 0 Å². The Balaban J connectivity index is 2.32. The van der Waals surface area contributed by atoms with Crippen molar-refractivity contribution >= 4 is 0 Å². The Labute approximate surface area is 95.3 Å². The number of rotatable bonds is 2. The van der Waals surface area contributed by atoms with E-state index in [1.165, 1.54) is 12.1 Å². The van der Waals surface area contributed by atoms with Crippen LogP contribution in [0.1, 0.15) is 30.0 Å². The van der Waals surface area contributed by atoms with Crippen molar-refractivity contribution in [1.82, 2.24) is 4.90 Å². The molecule has 0 aliphatic carbocycles. The predicted octanol–water partition coefficient (Wildman–Crippen LogP) is 2.79. The van der Waals surface area contributed by atoms with Crippen molar-refractivity contribution in [2.24, 2.45) is 0 Å². The standard InChI is InChI=1S/C13H15FN2/c1-10-4-5-11(14)8-12(10)13(9-15)16-6-2-3-7-16/h4-5,8,13H,2-3,6-7H2,1H3. The zero-order valence-corrected chi connectivity index (χ0v) is 9.41.